The number of carbonyl (C=O) groups is 1. The summed E-state index contributed by atoms with van der Waals surface area (Å²) in [5.74, 6) is 0.149. The summed E-state index contributed by atoms with van der Waals surface area (Å²) in [6, 6.07) is 7.57. The van der Waals surface area contributed by atoms with Crippen LogP contribution in [-0.2, 0) is 6.54 Å². The van der Waals surface area contributed by atoms with Gasteiger partial charge in [0.05, 0.1) is 0 Å². The van der Waals surface area contributed by atoms with Crippen molar-refractivity contribution in [2.75, 3.05) is 13.1 Å². The molecule has 0 bridgehead atoms. The molecule has 2 rings (SSSR count). The average molecular weight is 204 g/mol. The first-order valence-corrected chi connectivity index (χ1v) is 5.39. The highest BCUT2D eigenvalue weighted by molar-refractivity contribution is 5.94. The molecule has 1 saturated heterocycles. The van der Waals surface area contributed by atoms with Crippen molar-refractivity contribution in [3.05, 3.63) is 35.4 Å². The van der Waals surface area contributed by atoms with E-state index in [2.05, 4.69) is 0 Å². The summed E-state index contributed by atoms with van der Waals surface area (Å²) in [6.45, 7) is 2.33. The van der Waals surface area contributed by atoms with Crippen molar-refractivity contribution in [3.8, 4) is 0 Å². The van der Waals surface area contributed by atoms with Gasteiger partial charge in [0.2, 0.25) is 0 Å². The van der Waals surface area contributed by atoms with Gasteiger partial charge in [-0.15, -0.1) is 0 Å². The molecule has 0 atom stereocenters. The van der Waals surface area contributed by atoms with Gasteiger partial charge in [0.1, 0.15) is 0 Å². The highest BCUT2D eigenvalue weighted by atomic mass is 16.2. The van der Waals surface area contributed by atoms with Crippen LogP contribution in [0.1, 0.15) is 28.8 Å². The van der Waals surface area contributed by atoms with E-state index in [9.17, 15) is 4.79 Å². The third kappa shape index (κ3) is 2.18. The minimum Gasteiger partial charge on any atom is -0.339 e. The summed E-state index contributed by atoms with van der Waals surface area (Å²) in [4.78, 5) is 13.9. The van der Waals surface area contributed by atoms with Crippen LogP contribution in [0, 0.1) is 0 Å². The molecule has 0 aromatic heterocycles. The van der Waals surface area contributed by atoms with Crippen molar-refractivity contribution in [2.24, 2.45) is 5.73 Å². The predicted octanol–water partition coefficient (Wildman–Crippen LogP) is 1.38. The molecule has 1 aliphatic heterocycles. The Morgan fingerprint density at radius 2 is 1.80 bits per heavy atom. The lowest BCUT2D eigenvalue weighted by atomic mass is 10.1. The van der Waals surface area contributed by atoms with Crippen molar-refractivity contribution in [1.82, 2.24) is 4.90 Å². The number of hydrogen-bond donors (Lipinski definition) is 1. The van der Waals surface area contributed by atoms with Crippen molar-refractivity contribution in [2.45, 2.75) is 19.4 Å². The molecule has 1 aliphatic rings. The van der Waals surface area contributed by atoms with Gasteiger partial charge in [-0.3, -0.25) is 4.79 Å². The van der Waals surface area contributed by atoms with E-state index in [1.54, 1.807) is 0 Å². The highest BCUT2D eigenvalue weighted by Crippen LogP contribution is 2.13. The first-order chi connectivity index (χ1) is 7.31. The summed E-state index contributed by atoms with van der Waals surface area (Å²) in [5, 5.41) is 0. The summed E-state index contributed by atoms with van der Waals surface area (Å²) in [5.41, 5.74) is 7.34. The number of nitrogens with two attached hydrogens (primary N) is 1. The molecular weight excluding hydrogens is 188 g/mol. The van der Waals surface area contributed by atoms with E-state index in [4.69, 9.17) is 5.73 Å². The van der Waals surface area contributed by atoms with E-state index in [1.807, 2.05) is 29.2 Å². The van der Waals surface area contributed by atoms with Crippen molar-refractivity contribution in [3.63, 3.8) is 0 Å². The topological polar surface area (TPSA) is 46.3 Å². The second-order valence-electron chi connectivity index (χ2n) is 3.90. The Bertz CT molecular complexity index is 339. The zero-order chi connectivity index (χ0) is 10.7. The maximum Gasteiger partial charge on any atom is 0.253 e. The van der Waals surface area contributed by atoms with Gasteiger partial charge in [-0.2, -0.15) is 0 Å². The van der Waals surface area contributed by atoms with Gasteiger partial charge in [-0.25, -0.2) is 0 Å². The fourth-order valence-electron chi connectivity index (χ4n) is 1.89. The van der Waals surface area contributed by atoms with Gasteiger partial charge in [0.25, 0.3) is 5.91 Å². The highest BCUT2D eigenvalue weighted by Gasteiger charge is 2.18. The fourth-order valence-corrected chi connectivity index (χ4v) is 1.89. The smallest absolute Gasteiger partial charge is 0.253 e. The lowest BCUT2D eigenvalue weighted by Crippen LogP contribution is -2.27. The second kappa shape index (κ2) is 4.45. The Kier molecular flexibility index (Phi) is 3.02. The average Bonchev–Trinajstić information content (AvgIpc) is 2.82. The molecule has 0 spiro atoms. The van der Waals surface area contributed by atoms with Crippen LogP contribution in [-0.4, -0.2) is 23.9 Å². The van der Waals surface area contributed by atoms with Crippen LogP contribution in [0.25, 0.3) is 0 Å². The lowest BCUT2D eigenvalue weighted by Gasteiger charge is -2.15. The molecular formula is C12H16N2O. The number of rotatable bonds is 2. The van der Waals surface area contributed by atoms with Crippen LogP contribution in [0.3, 0.4) is 0 Å². The first-order valence-electron chi connectivity index (χ1n) is 5.39. The number of hydrogen-bond acceptors (Lipinski definition) is 2. The minimum atomic E-state index is 0.149. The Labute approximate surface area is 89.9 Å². The molecule has 15 heavy (non-hydrogen) atoms. The maximum atomic E-state index is 11.9. The fraction of sp³-hybridized carbons (Fsp3) is 0.417. The van der Waals surface area contributed by atoms with E-state index >= 15 is 0 Å². The molecule has 0 saturated carbocycles. The summed E-state index contributed by atoms with van der Waals surface area (Å²) < 4.78 is 0. The number of nitrogens with zero attached hydrogens (tertiary/aromatic N) is 1. The third-order valence-corrected chi connectivity index (χ3v) is 2.83. The number of benzene rings is 1. The van der Waals surface area contributed by atoms with Gasteiger partial charge in [-0.1, -0.05) is 12.1 Å². The van der Waals surface area contributed by atoms with Crippen molar-refractivity contribution in [1.29, 1.82) is 0 Å². The van der Waals surface area contributed by atoms with Crippen LogP contribution in [0.15, 0.2) is 24.3 Å². The number of carbonyl (C=O) groups excluding carboxylic acids is 1. The van der Waals surface area contributed by atoms with Gasteiger partial charge < -0.3 is 10.6 Å². The van der Waals surface area contributed by atoms with E-state index in [0.29, 0.717) is 6.54 Å². The standard InChI is InChI=1S/C12H16N2O/c13-9-10-3-5-11(6-4-10)12(15)14-7-1-2-8-14/h3-6H,1-2,7-9,13H2. The quantitative estimate of drug-likeness (QED) is 0.791. The van der Waals surface area contributed by atoms with Crippen molar-refractivity contribution >= 4 is 5.91 Å². The van der Waals surface area contributed by atoms with Gasteiger partial charge in [-0.05, 0) is 30.5 Å². The Hall–Kier alpha value is -1.35. The predicted molar refractivity (Wildman–Crippen MR) is 59.5 cm³/mol. The van der Waals surface area contributed by atoms with Crippen LogP contribution in [0.4, 0.5) is 0 Å². The molecule has 0 aliphatic carbocycles. The van der Waals surface area contributed by atoms with Gasteiger partial charge >= 0.3 is 0 Å². The maximum absolute atomic E-state index is 11.9. The molecule has 3 nitrogen and oxygen atoms in total. The van der Waals surface area contributed by atoms with Crippen LogP contribution >= 0.6 is 0 Å². The second-order valence-corrected chi connectivity index (χ2v) is 3.90. The van der Waals surface area contributed by atoms with Gasteiger partial charge in [0.15, 0.2) is 0 Å². The van der Waals surface area contributed by atoms with Crippen LogP contribution < -0.4 is 5.73 Å². The molecule has 0 radical (unpaired) electrons. The minimum absolute atomic E-state index is 0.149. The Morgan fingerprint density at radius 1 is 1.20 bits per heavy atom. The molecule has 2 N–H and O–H groups in total. The normalized spacial score (nSPS) is 15.7. The Morgan fingerprint density at radius 3 is 2.33 bits per heavy atom. The zero-order valence-corrected chi connectivity index (χ0v) is 8.78. The Balaban J connectivity index is 2.11. The van der Waals surface area contributed by atoms with E-state index in [-0.39, 0.29) is 5.91 Å². The summed E-state index contributed by atoms with van der Waals surface area (Å²) in [7, 11) is 0. The zero-order valence-electron chi connectivity index (χ0n) is 8.78. The molecule has 0 unspecified atom stereocenters. The first kappa shape index (κ1) is 10.2. The largest absolute Gasteiger partial charge is 0.339 e. The lowest BCUT2D eigenvalue weighted by molar-refractivity contribution is 0.0793. The molecule has 80 valence electrons. The molecule has 3 heteroatoms. The van der Waals surface area contributed by atoms with E-state index < -0.39 is 0 Å². The number of likely N-dealkylation sites (tertiary alicyclic amines) is 1. The summed E-state index contributed by atoms with van der Waals surface area (Å²) >= 11 is 0. The third-order valence-electron chi connectivity index (χ3n) is 2.83. The van der Waals surface area contributed by atoms with Crippen LogP contribution in [0.5, 0.6) is 0 Å². The van der Waals surface area contributed by atoms with Gasteiger partial charge in [0, 0.05) is 25.2 Å². The molecule has 1 fully saturated rings. The van der Waals surface area contributed by atoms with E-state index in [1.165, 1.54) is 0 Å². The number of amides is 1. The molecule has 1 aromatic rings. The van der Waals surface area contributed by atoms with E-state index in [0.717, 1.165) is 37.1 Å². The summed E-state index contributed by atoms with van der Waals surface area (Å²) in [6.07, 6.45) is 2.26. The molecule has 1 heterocycles. The monoisotopic (exact) mass is 204 g/mol. The van der Waals surface area contributed by atoms with Crippen LogP contribution in [0.2, 0.25) is 0 Å². The molecule has 1 aromatic carbocycles. The van der Waals surface area contributed by atoms with Crippen molar-refractivity contribution < 1.29 is 4.79 Å². The molecule has 1 amide bonds. The SMILES string of the molecule is NCc1ccc(C(=O)N2CCCC2)cc1.